The van der Waals surface area contributed by atoms with Gasteiger partial charge in [-0.05, 0) is 58.4 Å². The molecule has 4 rings (SSSR count). The average molecular weight is 476 g/mol. The predicted molar refractivity (Wildman–Crippen MR) is 130 cm³/mol. The Hall–Kier alpha value is -2.85. The fourth-order valence-corrected chi connectivity index (χ4v) is 4.57. The van der Waals surface area contributed by atoms with Gasteiger partial charge >= 0.3 is 6.09 Å². The second-order valence-corrected chi connectivity index (χ2v) is 8.56. The highest BCUT2D eigenvalue weighted by atomic mass is 79.9. The Balaban J connectivity index is 1.28. The Kier molecular flexibility index (Phi) is 6.88. The Morgan fingerprint density at radius 2 is 1.71 bits per heavy atom. The summed E-state index contributed by atoms with van der Waals surface area (Å²) in [6, 6.07) is 23.0. The van der Waals surface area contributed by atoms with Gasteiger partial charge in [0.2, 0.25) is 0 Å². The van der Waals surface area contributed by atoms with Crippen LogP contribution in [0.2, 0.25) is 0 Å². The molecular formula is C27H26BrNO2. The topological polar surface area (TPSA) is 38.3 Å². The third kappa shape index (κ3) is 4.91. The molecule has 0 radical (unpaired) electrons. The van der Waals surface area contributed by atoms with Crippen molar-refractivity contribution in [3.63, 3.8) is 0 Å². The second kappa shape index (κ2) is 9.97. The fourth-order valence-electron chi connectivity index (χ4n) is 4.16. The van der Waals surface area contributed by atoms with E-state index in [0.29, 0.717) is 13.2 Å². The lowest BCUT2D eigenvalue weighted by Gasteiger charge is -2.14. The van der Waals surface area contributed by atoms with Crippen molar-refractivity contribution in [2.45, 2.75) is 25.7 Å². The van der Waals surface area contributed by atoms with Crippen molar-refractivity contribution in [2.75, 3.05) is 13.2 Å². The number of rotatable bonds is 7. The van der Waals surface area contributed by atoms with Crippen LogP contribution in [0.1, 0.15) is 41.5 Å². The minimum Gasteiger partial charge on any atom is -0.449 e. The monoisotopic (exact) mass is 475 g/mol. The van der Waals surface area contributed by atoms with E-state index in [-0.39, 0.29) is 12.0 Å². The highest BCUT2D eigenvalue weighted by Gasteiger charge is 2.28. The molecule has 3 nitrogen and oxygen atoms in total. The molecule has 0 aliphatic heterocycles. The second-order valence-electron chi connectivity index (χ2n) is 7.64. The summed E-state index contributed by atoms with van der Waals surface area (Å²) in [5, 5.41) is 2.86. The van der Waals surface area contributed by atoms with Crippen LogP contribution >= 0.6 is 15.9 Å². The van der Waals surface area contributed by atoms with Crippen molar-refractivity contribution in [3.05, 3.63) is 99.5 Å². The molecule has 4 heteroatoms. The molecule has 0 saturated heterocycles. The molecule has 0 spiro atoms. The van der Waals surface area contributed by atoms with Crippen LogP contribution in [0.5, 0.6) is 0 Å². The zero-order valence-electron chi connectivity index (χ0n) is 17.6. The Morgan fingerprint density at radius 1 is 1.03 bits per heavy atom. The predicted octanol–water partition coefficient (Wildman–Crippen LogP) is 6.95. The fraction of sp³-hybridized carbons (Fsp3) is 0.222. The maximum absolute atomic E-state index is 12.2. The van der Waals surface area contributed by atoms with Crippen LogP contribution < -0.4 is 5.32 Å². The highest BCUT2D eigenvalue weighted by Crippen LogP contribution is 2.44. The summed E-state index contributed by atoms with van der Waals surface area (Å²) in [5.74, 6) is 0.0860. The number of nitrogens with one attached hydrogen (secondary N) is 1. The molecule has 3 aromatic rings. The van der Waals surface area contributed by atoms with Gasteiger partial charge in [0.15, 0.2) is 0 Å². The van der Waals surface area contributed by atoms with Gasteiger partial charge in [0.1, 0.15) is 6.61 Å². The van der Waals surface area contributed by atoms with Crippen molar-refractivity contribution in [2.24, 2.45) is 0 Å². The van der Waals surface area contributed by atoms with Gasteiger partial charge in [-0.15, -0.1) is 0 Å². The molecule has 1 amide bonds. The number of hydrogen-bond donors (Lipinski definition) is 1. The van der Waals surface area contributed by atoms with Crippen LogP contribution in [0.25, 0.3) is 17.2 Å². The SMILES string of the molecule is CCc1cc(Br)ccc1C=CCCNC(=O)OCC1c2ccccc2-c2ccccc21. The van der Waals surface area contributed by atoms with E-state index in [9.17, 15) is 4.79 Å². The van der Waals surface area contributed by atoms with E-state index in [1.54, 1.807) is 0 Å². The van der Waals surface area contributed by atoms with E-state index < -0.39 is 0 Å². The number of alkyl carbamates (subject to hydrolysis) is 1. The zero-order chi connectivity index (χ0) is 21.6. The normalized spacial score (nSPS) is 12.6. The summed E-state index contributed by atoms with van der Waals surface area (Å²) in [4.78, 5) is 12.2. The summed E-state index contributed by atoms with van der Waals surface area (Å²) in [6.45, 7) is 3.04. The zero-order valence-corrected chi connectivity index (χ0v) is 19.2. The number of fused-ring (bicyclic) bond motifs is 3. The number of amides is 1. The van der Waals surface area contributed by atoms with E-state index in [1.807, 2.05) is 18.2 Å². The van der Waals surface area contributed by atoms with Crippen molar-refractivity contribution in [3.8, 4) is 11.1 Å². The molecule has 0 bridgehead atoms. The molecule has 31 heavy (non-hydrogen) atoms. The van der Waals surface area contributed by atoms with Gasteiger partial charge in [-0.25, -0.2) is 4.79 Å². The van der Waals surface area contributed by atoms with Gasteiger partial charge in [-0.1, -0.05) is 89.6 Å². The molecular weight excluding hydrogens is 450 g/mol. The summed E-state index contributed by atoms with van der Waals surface area (Å²) in [7, 11) is 0. The van der Waals surface area contributed by atoms with E-state index in [2.05, 4.69) is 88.9 Å². The van der Waals surface area contributed by atoms with Crippen LogP contribution in [-0.2, 0) is 11.2 Å². The number of aryl methyl sites for hydroxylation is 1. The molecule has 1 N–H and O–H groups in total. The lowest BCUT2D eigenvalue weighted by atomic mass is 9.98. The Labute approximate surface area is 192 Å². The van der Waals surface area contributed by atoms with Crippen LogP contribution in [0, 0.1) is 0 Å². The quantitative estimate of drug-likeness (QED) is 0.375. The lowest BCUT2D eigenvalue weighted by Crippen LogP contribution is -2.26. The average Bonchev–Trinajstić information content (AvgIpc) is 3.12. The molecule has 0 aromatic heterocycles. The molecule has 158 valence electrons. The molecule has 1 aliphatic carbocycles. The number of ether oxygens (including phenoxy) is 1. The first kappa shape index (κ1) is 21.4. The third-order valence-corrected chi connectivity index (χ3v) is 6.20. The lowest BCUT2D eigenvalue weighted by molar-refractivity contribution is 0.143. The van der Waals surface area contributed by atoms with Crippen molar-refractivity contribution < 1.29 is 9.53 Å². The van der Waals surface area contributed by atoms with E-state index in [0.717, 1.165) is 17.3 Å². The first-order chi connectivity index (χ1) is 15.2. The van der Waals surface area contributed by atoms with Gasteiger partial charge in [-0.3, -0.25) is 0 Å². The molecule has 0 fully saturated rings. The van der Waals surface area contributed by atoms with Gasteiger partial charge in [-0.2, -0.15) is 0 Å². The summed E-state index contributed by atoms with van der Waals surface area (Å²) < 4.78 is 6.67. The van der Waals surface area contributed by atoms with E-state index in [1.165, 1.54) is 33.4 Å². The van der Waals surface area contributed by atoms with Gasteiger partial charge < -0.3 is 10.1 Å². The Morgan fingerprint density at radius 3 is 2.39 bits per heavy atom. The number of hydrogen-bond acceptors (Lipinski definition) is 2. The molecule has 0 heterocycles. The van der Waals surface area contributed by atoms with Crippen molar-refractivity contribution in [1.82, 2.24) is 5.32 Å². The number of halogens is 1. The first-order valence-electron chi connectivity index (χ1n) is 10.7. The molecule has 1 aliphatic rings. The molecule has 0 unspecified atom stereocenters. The van der Waals surface area contributed by atoms with E-state index >= 15 is 0 Å². The van der Waals surface area contributed by atoms with Crippen molar-refractivity contribution >= 4 is 28.1 Å². The van der Waals surface area contributed by atoms with E-state index in [4.69, 9.17) is 4.74 Å². The number of carbonyl (C=O) groups is 1. The third-order valence-electron chi connectivity index (χ3n) is 5.71. The Bertz CT molecular complexity index is 1060. The number of carbonyl (C=O) groups excluding carboxylic acids is 1. The maximum Gasteiger partial charge on any atom is 0.407 e. The highest BCUT2D eigenvalue weighted by molar-refractivity contribution is 9.10. The van der Waals surface area contributed by atoms with Gasteiger partial charge in [0.25, 0.3) is 0 Å². The standard InChI is InChI=1S/C27H26BrNO2/c1-2-19-17-21(28)15-14-20(19)9-7-8-16-29-27(30)31-18-26-24-12-5-3-10-22(24)23-11-4-6-13-25(23)26/h3-7,9-15,17,26H,2,8,16,18H2,1H3,(H,29,30). The summed E-state index contributed by atoms with van der Waals surface area (Å²) >= 11 is 3.52. The molecule has 0 atom stereocenters. The number of benzene rings is 3. The van der Waals surface area contributed by atoms with Crippen LogP contribution in [-0.4, -0.2) is 19.2 Å². The van der Waals surface area contributed by atoms with Crippen LogP contribution in [0.4, 0.5) is 4.79 Å². The molecule has 3 aromatic carbocycles. The van der Waals surface area contributed by atoms with Crippen molar-refractivity contribution in [1.29, 1.82) is 0 Å². The van der Waals surface area contributed by atoms with Gasteiger partial charge in [0.05, 0.1) is 0 Å². The maximum atomic E-state index is 12.2. The van der Waals surface area contributed by atoms with Crippen LogP contribution in [0.15, 0.2) is 77.3 Å². The summed E-state index contributed by atoms with van der Waals surface area (Å²) in [5.41, 5.74) is 7.43. The molecule has 0 saturated carbocycles. The summed E-state index contributed by atoms with van der Waals surface area (Å²) in [6.07, 6.45) is 5.57. The minimum atomic E-state index is -0.367. The first-order valence-corrected chi connectivity index (χ1v) is 11.5. The van der Waals surface area contributed by atoms with Gasteiger partial charge in [0, 0.05) is 16.9 Å². The smallest absolute Gasteiger partial charge is 0.407 e. The largest absolute Gasteiger partial charge is 0.449 e. The van der Waals surface area contributed by atoms with Crippen LogP contribution in [0.3, 0.4) is 0 Å². The minimum absolute atomic E-state index is 0.0860.